The molecule has 0 bridgehead atoms. The van der Waals surface area contributed by atoms with Crippen LogP contribution in [0.15, 0.2) is 192 Å². The zero-order chi connectivity index (χ0) is 32.3. The summed E-state index contributed by atoms with van der Waals surface area (Å²) in [6.45, 7) is 0. The molecule has 0 fully saturated rings. The van der Waals surface area contributed by atoms with Crippen molar-refractivity contribution in [2.75, 3.05) is 4.90 Å². The second kappa shape index (κ2) is 11.3. The van der Waals surface area contributed by atoms with Crippen molar-refractivity contribution in [2.45, 2.75) is 9.79 Å². The molecule has 0 aliphatic carbocycles. The van der Waals surface area contributed by atoms with Gasteiger partial charge in [-0.15, -0.1) is 0 Å². The average molecular weight is 643 g/mol. The first-order valence-corrected chi connectivity index (χ1v) is 17.5. The van der Waals surface area contributed by atoms with Crippen LogP contribution in [0, 0.1) is 0 Å². The summed E-state index contributed by atoms with van der Waals surface area (Å²) in [5.74, 6) is 0. The predicted octanol–water partition coefficient (Wildman–Crippen LogP) is 13.2. The van der Waals surface area contributed by atoms with E-state index in [1.54, 1.807) is 0 Å². The molecule has 9 aromatic rings. The Morgan fingerprint density at radius 1 is 0.347 bits per heavy atom. The normalized spacial score (nSPS) is 12.4. The van der Waals surface area contributed by atoms with Gasteiger partial charge in [-0.05, 0) is 99.8 Å². The highest BCUT2D eigenvalue weighted by Crippen LogP contribution is 2.52. The van der Waals surface area contributed by atoms with Gasteiger partial charge in [0.1, 0.15) is 0 Å². The molecular weight excluding hydrogens is 613 g/mol. The van der Waals surface area contributed by atoms with Crippen molar-refractivity contribution in [2.24, 2.45) is 0 Å². The summed E-state index contributed by atoms with van der Waals surface area (Å²) >= 11 is 1.85. The summed E-state index contributed by atoms with van der Waals surface area (Å²) in [4.78, 5) is 4.93. The molecule has 2 nitrogen and oxygen atoms in total. The maximum Gasteiger partial charge on any atom is 0.0602 e. The van der Waals surface area contributed by atoms with E-state index < -0.39 is 0 Å². The van der Waals surface area contributed by atoms with Gasteiger partial charge in [-0.1, -0.05) is 127 Å². The number of aromatic nitrogens is 1. The Labute approximate surface area is 289 Å². The largest absolute Gasteiger partial charge is 0.309 e. The molecule has 1 aromatic heterocycles. The van der Waals surface area contributed by atoms with Gasteiger partial charge in [-0.3, -0.25) is 0 Å². The van der Waals surface area contributed by atoms with Crippen LogP contribution in [0.2, 0.25) is 0 Å². The molecule has 230 valence electrons. The average Bonchev–Trinajstić information content (AvgIpc) is 3.50. The van der Waals surface area contributed by atoms with Gasteiger partial charge in [0.15, 0.2) is 0 Å². The van der Waals surface area contributed by atoms with Gasteiger partial charge >= 0.3 is 0 Å². The van der Waals surface area contributed by atoms with Gasteiger partial charge in [0, 0.05) is 31.9 Å². The van der Waals surface area contributed by atoms with E-state index in [0.29, 0.717) is 0 Å². The van der Waals surface area contributed by atoms with Crippen LogP contribution >= 0.6 is 11.8 Å². The van der Waals surface area contributed by atoms with E-state index in [-0.39, 0.29) is 0 Å². The van der Waals surface area contributed by atoms with E-state index in [2.05, 4.69) is 191 Å². The number of fused-ring (bicyclic) bond motifs is 6. The molecule has 0 saturated heterocycles. The number of hydrogen-bond donors (Lipinski definition) is 0. The molecule has 0 unspecified atom stereocenters. The van der Waals surface area contributed by atoms with Crippen molar-refractivity contribution in [3.63, 3.8) is 0 Å². The Hall–Kier alpha value is -6.03. The van der Waals surface area contributed by atoms with Crippen LogP contribution in [-0.2, 0) is 0 Å². The molecule has 0 amide bonds. The minimum absolute atomic E-state index is 1.16. The van der Waals surface area contributed by atoms with Crippen molar-refractivity contribution in [3.05, 3.63) is 182 Å². The molecule has 3 heteroatoms. The van der Waals surface area contributed by atoms with E-state index in [0.717, 1.165) is 5.69 Å². The van der Waals surface area contributed by atoms with Gasteiger partial charge in [-0.25, -0.2) is 0 Å². The topological polar surface area (TPSA) is 8.17 Å². The number of para-hydroxylation sites is 2. The molecule has 10 rings (SSSR count). The quantitative estimate of drug-likeness (QED) is 0.189. The standard InChI is InChI=1S/C46H30N2S/c1-2-11-31(12-3-1)34-15-10-16-37(27-34)47-41-18-7-6-17-39(41)40-29-35(22-25-42(40)47)36-23-26-44-46(30-36)49-45-20-9-8-19-43(45)48(44)38-24-21-32-13-4-5-14-33(32)28-38/h1-30H. The third kappa shape index (κ3) is 4.66. The molecule has 0 N–H and O–H groups in total. The summed E-state index contributed by atoms with van der Waals surface area (Å²) in [6, 6.07) is 66.3. The number of nitrogens with zero attached hydrogens (tertiary/aromatic N) is 2. The van der Waals surface area contributed by atoms with Crippen molar-refractivity contribution in [1.29, 1.82) is 0 Å². The third-order valence-corrected chi connectivity index (χ3v) is 10.8. The molecule has 0 radical (unpaired) electrons. The van der Waals surface area contributed by atoms with E-state index in [1.807, 2.05) is 11.8 Å². The van der Waals surface area contributed by atoms with Crippen molar-refractivity contribution in [3.8, 4) is 27.9 Å². The molecule has 8 aromatic carbocycles. The van der Waals surface area contributed by atoms with Crippen LogP contribution < -0.4 is 4.90 Å². The van der Waals surface area contributed by atoms with E-state index >= 15 is 0 Å². The minimum atomic E-state index is 1.16. The number of hydrogen-bond acceptors (Lipinski definition) is 2. The lowest BCUT2D eigenvalue weighted by Crippen LogP contribution is -2.14. The summed E-state index contributed by atoms with van der Waals surface area (Å²) in [5, 5.41) is 5.01. The van der Waals surface area contributed by atoms with Gasteiger partial charge < -0.3 is 9.47 Å². The van der Waals surface area contributed by atoms with Crippen molar-refractivity contribution < 1.29 is 0 Å². The molecule has 0 atom stereocenters. The van der Waals surface area contributed by atoms with Crippen molar-refractivity contribution in [1.82, 2.24) is 4.57 Å². The second-order valence-corrected chi connectivity index (χ2v) is 13.7. The maximum atomic E-state index is 2.41. The first-order chi connectivity index (χ1) is 24.3. The van der Waals surface area contributed by atoms with Crippen molar-refractivity contribution >= 4 is 61.4 Å². The highest BCUT2D eigenvalue weighted by molar-refractivity contribution is 7.99. The molecule has 2 heterocycles. The lowest BCUT2D eigenvalue weighted by atomic mass is 10.0. The Kier molecular flexibility index (Phi) is 6.46. The summed E-state index contributed by atoms with van der Waals surface area (Å²) in [7, 11) is 0. The van der Waals surface area contributed by atoms with Crippen LogP contribution in [0.3, 0.4) is 0 Å². The van der Waals surface area contributed by atoms with E-state index in [4.69, 9.17) is 0 Å². The molecular formula is C46H30N2S. The van der Waals surface area contributed by atoms with Gasteiger partial charge in [0.2, 0.25) is 0 Å². The zero-order valence-electron chi connectivity index (χ0n) is 26.6. The van der Waals surface area contributed by atoms with Crippen LogP contribution in [0.1, 0.15) is 0 Å². The first kappa shape index (κ1) is 28.0. The van der Waals surface area contributed by atoms with Gasteiger partial charge in [0.25, 0.3) is 0 Å². The fraction of sp³-hybridized carbons (Fsp3) is 0. The Morgan fingerprint density at radius 2 is 1.04 bits per heavy atom. The molecule has 1 aliphatic heterocycles. The van der Waals surface area contributed by atoms with Crippen LogP contribution in [0.5, 0.6) is 0 Å². The lowest BCUT2D eigenvalue weighted by molar-refractivity contribution is 1.17. The highest BCUT2D eigenvalue weighted by atomic mass is 32.2. The smallest absolute Gasteiger partial charge is 0.0602 e. The molecule has 1 aliphatic rings. The minimum Gasteiger partial charge on any atom is -0.309 e. The van der Waals surface area contributed by atoms with E-state index in [1.165, 1.54) is 81.7 Å². The molecule has 0 spiro atoms. The third-order valence-electron chi connectivity index (χ3n) is 9.74. The Morgan fingerprint density at radius 3 is 1.98 bits per heavy atom. The Bertz CT molecular complexity index is 2710. The van der Waals surface area contributed by atoms with Gasteiger partial charge in [0.05, 0.1) is 22.4 Å². The number of benzene rings is 8. The fourth-order valence-electron chi connectivity index (χ4n) is 7.42. The summed E-state index contributed by atoms with van der Waals surface area (Å²) in [5.41, 5.74) is 12.0. The summed E-state index contributed by atoms with van der Waals surface area (Å²) < 4.78 is 2.40. The monoisotopic (exact) mass is 642 g/mol. The fourth-order valence-corrected chi connectivity index (χ4v) is 8.51. The predicted molar refractivity (Wildman–Crippen MR) is 208 cm³/mol. The second-order valence-electron chi connectivity index (χ2n) is 12.6. The maximum absolute atomic E-state index is 2.41. The lowest BCUT2D eigenvalue weighted by Gasteiger charge is -2.33. The Balaban J connectivity index is 1.10. The van der Waals surface area contributed by atoms with Crippen LogP contribution in [0.4, 0.5) is 17.1 Å². The SMILES string of the molecule is c1ccc(-c2cccc(-n3c4ccccc4c4cc(-c5ccc6c(c5)Sc5ccccc5N6c5ccc6ccccc6c5)ccc43)c2)cc1. The number of rotatable bonds is 4. The number of anilines is 3. The zero-order valence-corrected chi connectivity index (χ0v) is 27.4. The van der Waals surface area contributed by atoms with E-state index in [9.17, 15) is 0 Å². The highest BCUT2D eigenvalue weighted by Gasteiger charge is 2.25. The van der Waals surface area contributed by atoms with Crippen LogP contribution in [0.25, 0.3) is 60.5 Å². The van der Waals surface area contributed by atoms with Crippen LogP contribution in [-0.4, -0.2) is 4.57 Å². The molecule has 49 heavy (non-hydrogen) atoms. The first-order valence-electron chi connectivity index (χ1n) is 16.7. The van der Waals surface area contributed by atoms with Gasteiger partial charge in [-0.2, -0.15) is 0 Å². The summed E-state index contributed by atoms with van der Waals surface area (Å²) in [6.07, 6.45) is 0. The molecule has 0 saturated carbocycles.